The summed E-state index contributed by atoms with van der Waals surface area (Å²) in [6, 6.07) is 92.1. The third kappa shape index (κ3) is 6.57. The number of rotatable bonds is 9. The summed E-state index contributed by atoms with van der Waals surface area (Å²) >= 11 is 0. The SMILES string of the molecule is c1ccc(-c2nc3ccc4ccc5ccc(-c6ccc(N(c7ccccc7)c7ccc(S(c8ccccc8)(c8ccccc8)c8ccccc8)cc7)c7ccccc67)cc5c4c3o2)cc1. The molecule has 0 fully saturated rings. The highest BCUT2D eigenvalue weighted by Gasteiger charge is 2.33. The van der Waals surface area contributed by atoms with Crippen molar-refractivity contribution in [1.82, 2.24) is 4.98 Å². The van der Waals surface area contributed by atoms with Crippen LogP contribution >= 0.6 is 10.0 Å². The van der Waals surface area contributed by atoms with E-state index in [2.05, 4.69) is 229 Å². The van der Waals surface area contributed by atoms with E-state index in [1.807, 2.05) is 30.3 Å². The van der Waals surface area contributed by atoms with Crippen molar-refractivity contribution in [3.63, 3.8) is 0 Å². The first-order chi connectivity index (χ1) is 32.2. The molecule has 3 nitrogen and oxygen atoms in total. The highest BCUT2D eigenvalue weighted by molar-refractivity contribution is 8.34. The van der Waals surface area contributed by atoms with Gasteiger partial charge in [-0.2, -0.15) is 0 Å². The summed E-state index contributed by atoms with van der Waals surface area (Å²) in [7, 11) is -1.84. The molecule has 12 aromatic rings. The number of benzene rings is 11. The van der Waals surface area contributed by atoms with Gasteiger partial charge in [0.25, 0.3) is 0 Å². The molecule has 0 saturated heterocycles. The fourth-order valence-electron chi connectivity index (χ4n) is 9.62. The molecule has 0 N–H and O–H groups in total. The molecule has 0 unspecified atom stereocenters. The Morgan fingerprint density at radius 2 is 0.877 bits per heavy atom. The molecular formula is C61H42N2OS. The minimum atomic E-state index is -1.84. The number of para-hydroxylation sites is 1. The predicted octanol–water partition coefficient (Wildman–Crippen LogP) is 17.4. The van der Waals surface area contributed by atoms with E-state index in [-0.39, 0.29) is 0 Å². The monoisotopic (exact) mass is 850 g/mol. The van der Waals surface area contributed by atoms with Crippen molar-refractivity contribution in [2.75, 3.05) is 4.90 Å². The third-order valence-electron chi connectivity index (χ3n) is 12.6. The molecule has 0 radical (unpaired) electrons. The molecule has 0 bridgehead atoms. The number of hydrogen-bond donors (Lipinski definition) is 0. The summed E-state index contributed by atoms with van der Waals surface area (Å²) in [5.41, 5.74) is 8.23. The molecule has 308 valence electrons. The van der Waals surface area contributed by atoms with E-state index in [4.69, 9.17) is 9.40 Å². The van der Waals surface area contributed by atoms with Gasteiger partial charge in [-0.25, -0.2) is 4.98 Å². The second-order valence-corrected chi connectivity index (χ2v) is 19.4. The van der Waals surface area contributed by atoms with E-state index in [0.717, 1.165) is 60.8 Å². The number of fused-ring (bicyclic) bond motifs is 6. The summed E-state index contributed by atoms with van der Waals surface area (Å²) in [4.78, 5) is 12.5. The average molecular weight is 851 g/mol. The fraction of sp³-hybridized carbons (Fsp3) is 0. The fourth-order valence-corrected chi connectivity index (χ4v) is 13.5. The van der Waals surface area contributed by atoms with Crippen LogP contribution in [0.5, 0.6) is 0 Å². The van der Waals surface area contributed by atoms with Gasteiger partial charge in [0.15, 0.2) is 5.58 Å². The maximum Gasteiger partial charge on any atom is 0.227 e. The van der Waals surface area contributed by atoms with E-state index in [9.17, 15) is 0 Å². The van der Waals surface area contributed by atoms with E-state index in [1.54, 1.807) is 0 Å². The maximum absolute atomic E-state index is 6.60. The molecule has 0 atom stereocenters. The van der Waals surface area contributed by atoms with E-state index < -0.39 is 10.0 Å². The van der Waals surface area contributed by atoms with Gasteiger partial charge in [-0.1, -0.05) is 152 Å². The highest BCUT2D eigenvalue weighted by atomic mass is 32.3. The van der Waals surface area contributed by atoms with Gasteiger partial charge in [0.2, 0.25) is 5.89 Å². The molecular weight excluding hydrogens is 809 g/mol. The predicted molar refractivity (Wildman–Crippen MR) is 272 cm³/mol. The molecule has 1 aromatic heterocycles. The Kier molecular flexibility index (Phi) is 9.58. The van der Waals surface area contributed by atoms with Gasteiger partial charge in [-0.05, 0) is 136 Å². The van der Waals surface area contributed by atoms with E-state index >= 15 is 0 Å². The topological polar surface area (TPSA) is 29.3 Å². The smallest absolute Gasteiger partial charge is 0.227 e. The normalized spacial score (nSPS) is 11.9. The van der Waals surface area contributed by atoms with Crippen LogP contribution in [0.1, 0.15) is 0 Å². The Bertz CT molecular complexity index is 3540. The van der Waals surface area contributed by atoms with Crippen LogP contribution in [-0.4, -0.2) is 4.98 Å². The quantitative estimate of drug-likeness (QED) is 0.136. The van der Waals surface area contributed by atoms with Crippen molar-refractivity contribution >= 4 is 70.5 Å². The second kappa shape index (κ2) is 16.2. The van der Waals surface area contributed by atoms with Crippen LogP contribution in [0.3, 0.4) is 0 Å². The van der Waals surface area contributed by atoms with Gasteiger partial charge in [-0.3, -0.25) is 0 Å². The molecule has 11 aromatic carbocycles. The molecule has 0 amide bonds. The first-order valence-corrected chi connectivity index (χ1v) is 23.6. The minimum Gasteiger partial charge on any atom is -0.435 e. The summed E-state index contributed by atoms with van der Waals surface area (Å²) in [5.74, 6) is 0.629. The summed E-state index contributed by atoms with van der Waals surface area (Å²) in [6.07, 6.45) is 0. The molecule has 0 aliphatic rings. The molecule has 0 spiro atoms. The highest BCUT2D eigenvalue weighted by Crippen LogP contribution is 2.73. The number of nitrogens with zero attached hydrogens (tertiary/aromatic N) is 2. The lowest BCUT2D eigenvalue weighted by Gasteiger charge is -2.42. The molecule has 0 saturated carbocycles. The number of anilines is 3. The second-order valence-electron chi connectivity index (χ2n) is 16.3. The summed E-state index contributed by atoms with van der Waals surface area (Å²) in [5, 5.41) is 6.84. The van der Waals surface area contributed by atoms with E-state index in [1.165, 1.54) is 35.9 Å². The van der Waals surface area contributed by atoms with Crippen molar-refractivity contribution < 1.29 is 4.42 Å². The molecule has 0 aliphatic heterocycles. The van der Waals surface area contributed by atoms with Crippen molar-refractivity contribution in [2.24, 2.45) is 0 Å². The Labute approximate surface area is 379 Å². The van der Waals surface area contributed by atoms with Crippen molar-refractivity contribution in [1.29, 1.82) is 0 Å². The maximum atomic E-state index is 6.60. The standard InChI is InChI=1S/C61H42N2OS/c1-6-18-45(19-7-1)61-62-57-40-34-44-32-30-43-31-33-46(42-56(43)59(44)60(57)64-61)53-39-41-58(55-29-17-16-28-54(53)55)63(47-20-8-2-9-21-47)48-35-37-52(38-36-48)65(49-22-10-3-11-23-49,50-24-12-4-13-25-50)51-26-14-5-15-27-51/h1-42H. The number of oxazole rings is 1. The van der Waals surface area contributed by atoms with Crippen LogP contribution in [0.4, 0.5) is 17.1 Å². The third-order valence-corrected chi connectivity index (χ3v) is 16.5. The van der Waals surface area contributed by atoms with Crippen molar-refractivity contribution in [3.05, 3.63) is 255 Å². The van der Waals surface area contributed by atoms with E-state index in [0.29, 0.717) is 5.89 Å². The van der Waals surface area contributed by atoms with Crippen LogP contribution in [0.15, 0.2) is 279 Å². The largest absolute Gasteiger partial charge is 0.435 e. The zero-order valence-corrected chi connectivity index (χ0v) is 36.3. The van der Waals surface area contributed by atoms with Crippen molar-refractivity contribution in [2.45, 2.75) is 19.6 Å². The lowest BCUT2D eigenvalue weighted by Crippen LogP contribution is -2.11. The lowest BCUT2D eigenvalue weighted by molar-refractivity contribution is 0.623. The van der Waals surface area contributed by atoms with Gasteiger partial charge >= 0.3 is 0 Å². The Balaban J connectivity index is 1.01. The van der Waals surface area contributed by atoms with Gasteiger partial charge < -0.3 is 9.32 Å². The van der Waals surface area contributed by atoms with Crippen LogP contribution in [0.25, 0.3) is 66.0 Å². The van der Waals surface area contributed by atoms with Gasteiger partial charge in [-0.15, -0.1) is 10.0 Å². The zero-order chi connectivity index (χ0) is 43.2. The van der Waals surface area contributed by atoms with Gasteiger partial charge in [0.05, 0.1) is 5.69 Å². The first kappa shape index (κ1) is 38.5. The Morgan fingerprint density at radius 1 is 0.369 bits per heavy atom. The number of aromatic nitrogens is 1. The zero-order valence-electron chi connectivity index (χ0n) is 35.5. The lowest BCUT2D eigenvalue weighted by atomic mass is 9.93. The molecule has 4 heteroatoms. The summed E-state index contributed by atoms with van der Waals surface area (Å²) in [6.45, 7) is 0. The van der Waals surface area contributed by atoms with Crippen LogP contribution in [0, 0.1) is 0 Å². The molecule has 12 rings (SSSR count). The van der Waals surface area contributed by atoms with Gasteiger partial charge in [0, 0.05) is 47.3 Å². The molecule has 0 aliphatic carbocycles. The number of hydrogen-bond acceptors (Lipinski definition) is 3. The Hall–Kier alpha value is -8.18. The summed E-state index contributed by atoms with van der Waals surface area (Å²) < 4.78 is 6.60. The van der Waals surface area contributed by atoms with Crippen LogP contribution in [0.2, 0.25) is 0 Å². The molecule has 65 heavy (non-hydrogen) atoms. The van der Waals surface area contributed by atoms with Gasteiger partial charge in [0.1, 0.15) is 5.52 Å². The molecule has 1 heterocycles. The Morgan fingerprint density at radius 3 is 1.52 bits per heavy atom. The minimum absolute atomic E-state index is 0.629. The van der Waals surface area contributed by atoms with Crippen LogP contribution in [-0.2, 0) is 0 Å². The van der Waals surface area contributed by atoms with Crippen molar-refractivity contribution in [3.8, 4) is 22.6 Å². The first-order valence-electron chi connectivity index (χ1n) is 22.0. The van der Waals surface area contributed by atoms with Crippen LogP contribution < -0.4 is 4.90 Å². The average Bonchev–Trinajstić information content (AvgIpc) is 3.84.